The monoisotopic (exact) mass is 514 g/mol. The molecule has 0 aromatic heterocycles. The lowest BCUT2D eigenvalue weighted by Gasteiger charge is -2.45. The van der Waals surface area contributed by atoms with Crippen molar-refractivity contribution in [2.45, 2.75) is 50.7 Å². The van der Waals surface area contributed by atoms with Crippen LogP contribution in [-0.2, 0) is 14.3 Å². The third-order valence-corrected chi connectivity index (χ3v) is 6.78. The normalized spacial score (nSPS) is 24.9. The molecule has 10 nitrogen and oxygen atoms in total. The number of nitrogens with zero attached hydrogens (tertiary/aromatic N) is 3. The molecule has 3 rings (SSSR count). The van der Waals surface area contributed by atoms with Gasteiger partial charge in [0.25, 0.3) is 0 Å². The van der Waals surface area contributed by atoms with Crippen LogP contribution in [0.1, 0.15) is 50.2 Å². The molecule has 1 aliphatic heterocycles. The van der Waals surface area contributed by atoms with Crippen molar-refractivity contribution in [3.63, 3.8) is 0 Å². The van der Waals surface area contributed by atoms with Gasteiger partial charge in [0.15, 0.2) is 5.60 Å². The molecule has 1 aliphatic carbocycles. The van der Waals surface area contributed by atoms with E-state index in [-0.39, 0.29) is 0 Å². The lowest BCUT2D eigenvalue weighted by atomic mass is 9.65. The van der Waals surface area contributed by atoms with Crippen molar-refractivity contribution in [3.05, 3.63) is 33.8 Å². The molecular formula is C22H23BrN6O4. The summed E-state index contributed by atoms with van der Waals surface area (Å²) < 4.78 is 6.44. The molecule has 172 valence electrons. The van der Waals surface area contributed by atoms with Crippen LogP contribution in [0.4, 0.5) is 4.79 Å². The zero-order valence-corrected chi connectivity index (χ0v) is 19.8. The van der Waals surface area contributed by atoms with Crippen LogP contribution in [-0.4, -0.2) is 42.3 Å². The van der Waals surface area contributed by atoms with E-state index in [4.69, 9.17) is 4.74 Å². The van der Waals surface area contributed by atoms with Gasteiger partial charge in [-0.1, -0.05) is 15.9 Å². The van der Waals surface area contributed by atoms with E-state index in [1.807, 2.05) is 0 Å². The maximum absolute atomic E-state index is 12.1. The van der Waals surface area contributed by atoms with E-state index < -0.39 is 35.0 Å². The number of likely N-dealkylation sites (N-methyl/N-ethyl adjacent to an activating group) is 1. The van der Waals surface area contributed by atoms with Crippen LogP contribution in [0.25, 0.3) is 0 Å². The molecule has 33 heavy (non-hydrogen) atoms. The second kappa shape index (κ2) is 9.59. The van der Waals surface area contributed by atoms with Gasteiger partial charge in [0.2, 0.25) is 0 Å². The minimum absolute atomic E-state index is 0.339. The summed E-state index contributed by atoms with van der Waals surface area (Å²) >= 11 is 3.49. The Labute approximate surface area is 199 Å². The number of amides is 3. The van der Waals surface area contributed by atoms with Crippen LogP contribution >= 0.6 is 15.9 Å². The van der Waals surface area contributed by atoms with Crippen molar-refractivity contribution >= 4 is 39.5 Å². The molecule has 1 saturated carbocycles. The summed E-state index contributed by atoms with van der Waals surface area (Å²) in [4.78, 5) is 35.4. The number of benzene rings is 1. The Hall–Kier alpha value is -3.44. The molecule has 1 heterocycles. The number of nitrogens with one attached hydrogen (secondary N) is 3. The fourth-order valence-electron chi connectivity index (χ4n) is 4.41. The number of rotatable bonds is 4. The van der Waals surface area contributed by atoms with Crippen LogP contribution < -0.4 is 16.1 Å². The zero-order chi connectivity index (χ0) is 24.2. The Morgan fingerprint density at radius 1 is 1.27 bits per heavy atom. The summed E-state index contributed by atoms with van der Waals surface area (Å²) in [5.74, 6) is -1.50. The fraction of sp³-hybridized carbons (Fsp3) is 0.455. The molecule has 11 heteroatoms. The Balaban J connectivity index is 1.83. The maximum atomic E-state index is 12.1. The van der Waals surface area contributed by atoms with Gasteiger partial charge < -0.3 is 15.4 Å². The summed E-state index contributed by atoms with van der Waals surface area (Å²) in [6.07, 6.45) is 1.13. The average Bonchev–Trinajstić information content (AvgIpc) is 2.81. The highest BCUT2D eigenvalue weighted by molar-refractivity contribution is 9.10. The van der Waals surface area contributed by atoms with Crippen LogP contribution in [0, 0.1) is 28.1 Å². The second-order valence-electron chi connectivity index (χ2n) is 8.31. The summed E-state index contributed by atoms with van der Waals surface area (Å²) in [5, 5.41) is 28.4. The van der Waals surface area contributed by atoms with E-state index in [9.17, 15) is 24.9 Å². The lowest BCUT2D eigenvalue weighted by molar-refractivity contribution is -0.139. The van der Waals surface area contributed by atoms with Gasteiger partial charge in [-0.05, 0) is 57.2 Å². The number of nitriles is 2. The van der Waals surface area contributed by atoms with Crippen LogP contribution in [0.3, 0.4) is 0 Å². The van der Waals surface area contributed by atoms with Crippen LogP contribution in [0.5, 0.6) is 0 Å². The zero-order valence-electron chi connectivity index (χ0n) is 18.2. The first-order valence-electron chi connectivity index (χ1n) is 10.4. The van der Waals surface area contributed by atoms with Gasteiger partial charge in [-0.3, -0.25) is 9.59 Å². The summed E-state index contributed by atoms with van der Waals surface area (Å²) in [5.41, 5.74) is 2.08. The number of carbonyl (C=O) groups is 3. The van der Waals surface area contributed by atoms with E-state index in [0.29, 0.717) is 53.4 Å². The van der Waals surface area contributed by atoms with Gasteiger partial charge in [-0.2, -0.15) is 15.6 Å². The smallest absolute Gasteiger partial charge is 0.428 e. The van der Waals surface area contributed by atoms with Crippen LogP contribution in [0.15, 0.2) is 27.8 Å². The number of hydrazone groups is 1. The van der Waals surface area contributed by atoms with E-state index in [0.717, 1.165) is 0 Å². The molecule has 0 unspecified atom stereocenters. The first kappa shape index (κ1) is 24.2. The van der Waals surface area contributed by atoms with Gasteiger partial charge in [-0.15, -0.1) is 0 Å². The fourth-order valence-corrected chi connectivity index (χ4v) is 4.84. The molecule has 1 atom stereocenters. The molecule has 2 aliphatic rings. The summed E-state index contributed by atoms with van der Waals surface area (Å²) in [6.45, 7) is 1.74. The molecule has 1 spiro atoms. The van der Waals surface area contributed by atoms with Crippen LogP contribution in [0.2, 0.25) is 0 Å². The highest BCUT2D eigenvalue weighted by atomic mass is 79.9. The molecule has 3 N–H and O–H groups in total. The Morgan fingerprint density at radius 3 is 2.58 bits per heavy atom. The van der Waals surface area contributed by atoms with E-state index in [1.165, 1.54) is 7.05 Å². The quantitative estimate of drug-likeness (QED) is 0.522. The Morgan fingerprint density at radius 2 is 1.97 bits per heavy atom. The van der Waals surface area contributed by atoms with Crippen molar-refractivity contribution < 1.29 is 19.1 Å². The number of carbonyl (C=O) groups excluding carboxylic acids is 3. The first-order valence-corrected chi connectivity index (χ1v) is 11.2. The third-order valence-electron chi connectivity index (χ3n) is 6.09. The molecule has 0 saturated heterocycles. The Bertz CT molecular complexity index is 1100. The second-order valence-corrected chi connectivity index (χ2v) is 9.17. The van der Waals surface area contributed by atoms with Crippen molar-refractivity contribution in [1.82, 2.24) is 16.1 Å². The van der Waals surface area contributed by atoms with Crippen molar-refractivity contribution in [2.24, 2.45) is 10.5 Å². The molecule has 3 amide bonds. The van der Waals surface area contributed by atoms with Crippen molar-refractivity contribution in [2.75, 3.05) is 7.05 Å². The molecule has 0 bridgehead atoms. The summed E-state index contributed by atoms with van der Waals surface area (Å²) in [7, 11) is 1.37. The Kier molecular flexibility index (Phi) is 7.04. The highest BCUT2D eigenvalue weighted by Gasteiger charge is 2.51. The predicted molar refractivity (Wildman–Crippen MR) is 121 cm³/mol. The third kappa shape index (κ3) is 4.99. The maximum Gasteiger partial charge on any atom is 0.428 e. The number of ether oxygens (including phenoxy) is 1. The van der Waals surface area contributed by atoms with Gasteiger partial charge in [0.05, 0.1) is 23.1 Å². The minimum Gasteiger partial charge on any atom is -0.435 e. The van der Waals surface area contributed by atoms with Gasteiger partial charge in [-0.25, -0.2) is 10.2 Å². The van der Waals surface area contributed by atoms with E-state index in [1.54, 1.807) is 25.1 Å². The largest absolute Gasteiger partial charge is 0.435 e. The lowest BCUT2D eigenvalue weighted by Crippen LogP contribution is -2.54. The van der Waals surface area contributed by atoms with Gasteiger partial charge >= 0.3 is 17.9 Å². The van der Waals surface area contributed by atoms with E-state index in [2.05, 4.69) is 49.2 Å². The predicted octanol–water partition coefficient (Wildman–Crippen LogP) is 2.23. The average molecular weight is 515 g/mol. The standard InChI is InChI=1S/C22H23BrN6O4/c1-13(27-19(31)18(30)26-2)10-21(12-25)5-7-22(8-6-21)17(28-29-20(32)33-22)15-9-14(11-24)3-4-16(15)23/h3-4,9,13H,5-8,10H2,1-2H3,(H,26,30)(H,27,31)(H,29,32)/t13-,21?,22?/m0/s1. The molecular weight excluding hydrogens is 492 g/mol. The van der Waals surface area contributed by atoms with Crippen molar-refractivity contribution in [1.29, 1.82) is 10.5 Å². The highest BCUT2D eigenvalue weighted by Crippen LogP contribution is 2.47. The minimum atomic E-state index is -1.05. The van der Waals surface area contributed by atoms with E-state index >= 15 is 0 Å². The first-order chi connectivity index (χ1) is 15.7. The number of halogens is 1. The van der Waals surface area contributed by atoms with Gasteiger partial charge in [0, 0.05) is 23.1 Å². The molecule has 0 radical (unpaired) electrons. The molecule has 1 fully saturated rings. The molecule has 1 aromatic carbocycles. The summed E-state index contributed by atoms with van der Waals surface area (Å²) in [6, 6.07) is 9.15. The SMILES string of the molecule is CNC(=O)C(=O)N[C@@H](C)CC1(C#N)CCC2(CC1)OC(=O)NN=C2c1cc(C#N)ccc1Br. The number of hydrogen-bond acceptors (Lipinski definition) is 7. The van der Waals surface area contributed by atoms with Gasteiger partial charge in [0.1, 0.15) is 5.71 Å². The molecule has 1 aromatic rings. The topological polar surface area (TPSA) is 156 Å². The van der Waals surface area contributed by atoms with Crippen molar-refractivity contribution in [3.8, 4) is 12.1 Å². The number of hydrogen-bond donors (Lipinski definition) is 3.